The van der Waals surface area contributed by atoms with Gasteiger partial charge < -0.3 is 14.6 Å². The monoisotopic (exact) mass is 224 g/mol. The molecule has 0 amide bonds. The first-order chi connectivity index (χ1) is 7.63. The van der Waals surface area contributed by atoms with Crippen LogP contribution in [0.1, 0.15) is 25.0 Å². The number of hydrogen-bond acceptors (Lipinski definition) is 4. The van der Waals surface area contributed by atoms with Crippen molar-refractivity contribution in [2.75, 3.05) is 13.7 Å². The Morgan fingerprint density at radius 2 is 2.25 bits per heavy atom. The molecule has 0 bridgehead atoms. The number of benzene rings is 1. The normalized spacial score (nSPS) is 11.9. The highest BCUT2D eigenvalue weighted by Gasteiger charge is 2.03. The summed E-state index contributed by atoms with van der Waals surface area (Å²) in [6, 6.07) is 7.15. The van der Waals surface area contributed by atoms with Gasteiger partial charge >= 0.3 is 5.97 Å². The molecule has 1 rings (SSSR count). The van der Waals surface area contributed by atoms with E-state index in [4.69, 9.17) is 4.74 Å². The predicted molar refractivity (Wildman–Crippen MR) is 59.2 cm³/mol. The molecule has 0 unspecified atom stereocenters. The lowest BCUT2D eigenvalue weighted by atomic mass is 10.1. The van der Waals surface area contributed by atoms with Crippen LogP contribution in [0.15, 0.2) is 24.3 Å². The average molecular weight is 224 g/mol. The third-order valence-electron chi connectivity index (χ3n) is 2.14. The van der Waals surface area contributed by atoms with Crippen molar-refractivity contribution in [2.45, 2.75) is 19.4 Å². The standard InChI is InChI=1S/C12H16O4/c1-9(13)10-4-3-5-11(8-10)16-7-6-12(14)15-2/h3-5,8-9,13H,6-7H2,1-2H3/t9-/m0/s1. The smallest absolute Gasteiger partial charge is 0.308 e. The SMILES string of the molecule is COC(=O)CCOc1cccc([C@H](C)O)c1. The van der Waals surface area contributed by atoms with Gasteiger partial charge in [0.05, 0.1) is 26.2 Å². The first kappa shape index (κ1) is 12.5. The maximum absolute atomic E-state index is 10.8. The molecule has 1 aromatic carbocycles. The van der Waals surface area contributed by atoms with Crippen LogP contribution < -0.4 is 4.74 Å². The van der Waals surface area contributed by atoms with Crippen LogP contribution >= 0.6 is 0 Å². The molecule has 1 atom stereocenters. The van der Waals surface area contributed by atoms with Crippen LogP contribution in [0.4, 0.5) is 0 Å². The van der Waals surface area contributed by atoms with Crippen LogP contribution in [0.25, 0.3) is 0 Å². The van der Waals surface area contributed by atoms with E-state index in [9.17, 15) is 9.90 Å². The summed E-state index contributed by atoms with van der Waals surface area (Å²) in [7, 11) is 1.34. The van der Waals surface area contributed by atoms with Gasteiger partial charge in [-0.3, -0.25) is 4.79 Å². The van der Waals surface area contributed by atoms with E-state index in [-0.39, 0.29) is 19.0 Å². The summed E-state index contributed by atoms with van der Waals surface area (Å²) >= 11 is 0. The Bertz CT molecular complexity index is 347. The summed E-state index contributed by atoms with van der Waals surface area (Å²) in [6.45, 7) is 1.96. The van der Waals surface area contributed by atoms with E-state index in [1.165, 1.54) is 7.11 Å². The molecule has 0 aliphatic carbocycles. The second-order valence-electron chi connectivity index (χ2n) is 3.42. The van der Waals surface area contributed by atoms with Gasteiger partial charge in [0.25, 0.3) is 0 Å². The van der Waals surface area contributed by atoms with Gasteiger partial charge in [0.2, 0.25) is 0 Å². The Labute approximate surface area is 94.8 Å². The number of rotatable bonds is 5. The highest BCUT2D eigenvalue weighted by molar-refractivity contribution is 5.69. The summed E-state index contributed by atoms with van der Waals surface area (Å²) in [5, 5.41) is 9.37. The van der Waals surface area contributed by atoms with Gasteiger partial charge in [0, 0.05) is 0 Å². The number of carbonyl (C=O) groups is 1. The molecule has 0 saturated carbocycles. The molecule has 0 aliphatic rings. The van der Waals surface area contributed by atoms with Crippen molar-refractivity contribution in [3.8, 4) is 5.75 Å². The van der Waals surface area contributed by atoms with Crippen molar-refractivity contribution in [3.05, 3.63) is 29.8 Å². The predicted octanol–water partition coefficient (Wildman–Crippen LogP) is 1.68. The van der Waals surface area contributed by atoms with Gasteiger partial charge in [-0.2, -0.15) is 0 Å². The molecule has 0 fully saturated rings. The van der Waals surface area contributed by atoms with Crippen molar-refractivity contribution in [1.82, 2.24) is 0 Å². The fourth-order valence-corrected chi connectivity index (χ4v) is 1.22. The Kier molecular flexibility index (Phi) is 4.79. The number of ether oxygens (including phenoxy) is 2. The molecule has 1 aromatic rings. The van der Waals surface area contributed by atoms with Crippen molar-refractivity contribution >= 4 is 5.97 Å². The minimum Gasteiger partial charge on any atom is -0.493 e. The van der Waals surface area contributed by atoms with Crippen LogP contribution in [0.5, 0.6) is 5.75 Å². The van der Waals surface area contributed by atoms with Crippen LogP contribution in [0, 0.1) is 0 Å². The second-order valence-corrected chi connectivity index (χ2v) is 3.42. The average Bonchev–Trinajstić information content (AvgIpc) is 2.29. The Morgan fingerprint density at radius 3 is 2.88 bits per heavy atom. The minimum absolute atomic E-state index is 0.218. The number of esters is 1. The van der Waals surface area contributed by atoms with Gasteiger partial charge in [0.1, 0.15) is 5.75 Å². The molecule has 0 aliphatic heterocycles. The number of aliphatic hydroxyl groups is 1. The molecular formula is C12H16O4. The zero-order valence-electron chi connectivity index (χ0n) is 9.47. The lowest BCUT2D eigenvalue weighted by Crippen LogP contribution is -2.07. The molecule has 4 nitrogen and oxygen atoms in total. The molecule has 88 valence electrons. The Balaban J connectivity index is 2.48. The van der Waals surface area contributed by atoms with Crippen molar-refractivity contribution in [3.63, 3.8) is 0 Å². The first-order valence-corrected chi connectivity index (χ1v) is 5.11. The second kappa shape index (κ2) is 6.12. The summed E-state index contributed by atoms with van der Waals surface area (Å²) in [5.41, 5.74) is 0.788. The molecule has 16 heavy (non-hydrogen) atoms. The largest absolute Gasteiger partial charge is 0.493 e. The van der Waals surface area contributed by atoms with Gasteiger partial charge in [-0.1, -0.05) is 12.1 Å². The zero-order chi connectivity index (χ0) is 12.0. The lowest BCUT2D eigenvalue weighted by molar-refractivity contribution is -0.141. The Hall–Kier alpha value is -1.55. The van der Waals surface area contributed by atoms with Crippen LogP contribution in [-0.2, 0) is 9.53 Å². The highest BCUT2D eigenvalue weighted by Crippen LogP contribution is 2.18. The van der Waals surface area contributed by atoms with Crippen LogP contribution in [-0.4, -0.2) is 24.8 Å². The van der Waals surface area contributed by atoms with E-state index < -0.39 is 6.10 Å². The summed E-state index contributed by atoms with van der Waals surface area (Å²) in [6.07, 6.45) is -0.306. The molecule has 0 aromatic heterocycles. The summed E-state index contributed by atoms with van der Waals surface area (Å²) < 4.78 is 9.85. The first-order valence-electron chi connectivity index (χ1n) is 5.11. The number of carbonyl (C=O) groups excluding carboxylic acids is 1. The van der Waals surface area contributed by atoms with E-state index in [1.54, 1.807) is 25.1 Å². The third-order valence-corrected chi connectivity index (χ3v) is 2.14. The summed E-state index contributed by atoms with van der Waals surface area (Å²) in [5.74, 6) is 0.342. The fourth-order valence-electron chi connectivity index (χ4n) is 1.22. The van der Waals surface area contributed by atoms with E-state index >= 15 is 0 Å². The fraction of sp³-hybridized carbons (Fsp3) is 0.417. The van der Waals surface area contributed by atoms with E-state index in [0.717, 1.165) is 5.56 Å². The topological polar surface area (TPSA) is 55.8 Å². The van der Waals surface area contributed by atoms with E-state index in [0.29, 0.717) is 5.75 Å². The van der Waals surface area contributed by atoms with Crippen molar-refractivity contribution < 1.29 is 19.4 Å². The maximum atomic E-state index is 10.8. The Morgan fingerprint density at radius 1 is 1.50 bits per heavy atom. The zero-order valence-corrected chi connectivity index (χ0v) is 9.47. The number of hydrogen-bond donors (Lipinski definition) is 1. The number of methoxy groups -OCH3 is 1. The van der Waals surface area contributed by atoms with Crippen molar-refractivity contribution in [2.24, 2.45) is 0 Å². The molecular weight excluding hydrogens is 208 g/mol. The van der Waals surface area contributed by atoms with Crippen LogP contribution in [0.3, 0.4) is 0 Å². The van der Waals surface area contributed by atoms with E-state index in [2.05, 4.69) is 4.74 Å². The van der Waals surface area contributed by atoms with E-state index in [1.807, 2.05) is 6.07 Å². The summed E-state index contributed by atoms with van der Waals surface area (Å²) in [4.78, 5) is 10.8. The number of aliphatic hydroxyl groups excluding tert-OH is 1. The third kappa shape index (κ3) is 3.90. The molecule has 4 heteroatoms. The van der Waals surface area contributed by atoms with Gasteiger partial charge in [-0.15, -0.1) is 0 Å². The van der Waals surface area contributed by atoms with Gasteiger partial charge in [-0.25, -0.2) is 0 Å². The highest BCUT2D eigenvalue weighted by atomic mass is 16.5. The molecule has 0 spiro atoms. The van der Waals surface area contributed by atoms with Crippen molar-refractivity contribution in [1.29, 1.82) is 0 Å². The maximum Gasteiger partial charge on any atom is 0.308 e. The van der Waals surface area contributed by atoms with Gasteiger partial charge in [0.15, 0.2) is 0 Å². The lowest BCUT2D eigenvalue weighted by Gasteiger charge is -2.08. The molecule has 0 saturated heterocycles. The van der Waals surface area contributed by atoms with Gasteiger partial charge in [-0.05, 0) is 24.6 Å². The minimum atomic E-state index is -0.524. The molecule has 0 radical (unpaired) electrons. The quantitative estimate of drug-likeness (QED) is 0.773. The molecule has 0 heterocycles. The molecule has 1 N–H and O–H groups in total. The van der Waals surface area contributed by atoms with Crippen LogP contribution in [0.2, 0.25) is 0 Å².